The quantitative estimate of drug-likeness (QED) is 0.507. The third kappa shape index (κ3) is 1.01. The lowest BCUT2D eigenvalue weighted by Gasteiger charge is -2.32. The lowest BCUT2D eigenvalue weighted by atomic mass is 9.81. The van der Waals surface area contributed by atoms with Crippen LogP contribution in [0.5, 0.6) is 0 Å². The van der Waals surface area contributed by atoms with Gasteiger partial charge in [-0.25, -0.2) is 0 Å². The van der Waals surface area contributed by atoms with Crippen LogP contribution in [-0.2, 0) is 0 Å². The molecule has 0 radical (unpaired) electrons. The standard InChI is InChI=1S/C9H14O2/c10-8-4-6-9(11)5-2-1-3-7(8)9/h1-2,7-8,10-11H,3-6H2/t7-,8+,9+/m0/s1. The van der Waals surface area contributed by atoms with Gasteiger partial charge in [-0.05, 0) is 25.7 Å². The molecule has 2 aliphatic carbocycles. The molecule has 0 unspecified atom stereocenters. The summed E-state index contributed by atoms with van der Waals surface area (Å²) < 4.78 is 0. The van der Waals surface area contributed by atoms with Gasteiger partial charge in [0.2, 0.25) is 0 Å². The average molecular weight is 154 g/mol. The van der Waals surface area contributed by atoms with Crippen LogP contribution in [0.3, 0.4) is 0 Å². The maximum absolute atomic E-state index is 9.97. The summed E-state index contributed by atoms with van der Waals surface area (Å²) in [6.45, 7) is 0. The molecule has 2 aliphatic rings. The van der Waals surface area contributed by atoms with Crippen molar-refractivity contribution in [3.8, 4) is 0 Å². The molecule has 0 aromatic heterocycles. The predicted molar refractivity (Wildman–Crippen MR) is 42.1 cm³/mol. The first-order valence-electron chi connectivity index (χ1n) is 4.28. The molecule has 1 saturated carbocycles. The minimum absolute atomic E-state index is 0.104. The van der Waals surface area contributed by atoms with Crippen molar-refractivity contribution in [3.05, 3.63) is 12.2 Å². The molecule has 62 valence electrons. The summed E-state index contributed by atoms with van der Waals surface area (Å²) in [4.78, 5) is 0. The zero-order valence-electron chi connectivity index (χ0n) is 6.53. The highest BCUT2D eigenvalue weighted by Crippen LogP contribution is 2.43. The molecule has 2 heteroatoms. The molecule has 2 nitrogen and oxygen atoms in total. The van der Waals surface area contributed by atoms with E-state index in [9.17, 15) is 10.2 Å². The first-order chi connectivity index (χ1) is 5.22. The van der Waals surface area contributed by atoms with Crippen LogP contribution >= 0.6 is 0 Å². The Bertz CT molecular complexity index is 188. The van der Waals surface area contributed by atoms with E-state index in [0.29, 0.717) is 0 Å². The summed E-state index contributed by atoms with van der Waals surface area (Å²) in [5.74, 6) is 0.104. The van der Waals surface area contributed by atoms with Crippen LogP contribution in [0.4, 0.5) is 0 Å². The average Bonchev–Trinajstić information content (AvgIpc) is 2.29. The lowest BCUT2D eigenvalue weighted by Crippen LogP contribution is -2.37. The van der Waals surface area contributed by atoms with Crippen molar-refractivity contribution in [1.29, 1.82) is 0 Å². The molecule has 1 fully saturated rings. The van der Waals surface area contributed by atoms with Gasteiger partial charge < -0.3 is 10.2 Å². The number of aliphatic hydroxyl groups excluding tert-OH is 1. The van der Waals surface area contributed by atoms with Crippen molar-refractivity contribution in [2.24, 2.45) is 5.92 Å². The smallest absolute Gasteiger partial charge is 0.0738 e. The second kappa shape index (κ2) is 2.32. The Kier molecular flexibility index (Phi) is 1.55. The molecule has 0 aliphatic heterocycles. The highest BCUT2D eigenvalue weighted by molar-refractivity contribution is 5.08. The monoisotopic (exact) mass is 154 g/mol. The second-order valence-corrected chi connectivity index (χ2v) is 3.73. The highest BCUT2D eigenvalue weighted by Gasteiger charge is 2.46. The summed E-state index contributed by atoms with van der Waals surface area (Å²) in [5.41, 5.74) is -0.575. The van der Waals surface area contributed by atoms with E-state index in [-0.39, 0.29) is 12.0 Å². The van der Waals surface area contributed by atoms with E-state index in [1.165, 1.54) is 0 Å². The summed E-state index contributed by atoms with van der Waals surface area (Å²) >= 11 is 0. The minimum atomic E-state index is -0.575. The van der Waals surface area contributed by atoms with Gasteiger partial charge >= 0.3 is 0 Å². The van der Waals surface area contributed by atoms with Crippen molar-refractivity contribution in [3.63, 3.8) is 0 Å². The molecule has 2 rings (SSSR count). The second-order valence-electron chi connectivity index (χ2n) is 3.73. The van der Waals surface area contributed by atoms with Crippen LogP contribution in [-0.4, -0.2) is 21.9 Å². The topological polar surface area (TPSA) is 40.5 Å². The van der Waals surface area contributed by atoms with Crippen LogP contribution in [0.15, 0.2) is 12.2 Å². The van der Waals surface area contributed by atoms with Crippen LogP contribution in [0.2, 0.25) is 0 Å². The van der Waals surface area contributed by atoms with Gasteiger partial charge in [0, 0.05) is 5.92 Å². The largest absolute Gasteiger partial charge is 0.393 e. The van der Waals surface area contributed by atoms with E-state index in [0.717, 1.165) is 25.7 Å². The third-order valence-electron chi connectivity index (χ3n) is 3.06. The Labute approximate surface area is 66.5 Å². The normalized spacial score (nSPS) is 49.3. The maximum atomic E-state index is 9.97. The number of fused-ring (bicyclic) bond motifs is 1. The fourth-order valence-electron chi connectivity index (χ4n) is 2.30. The molecule has 0 amide bonds. The highest BCUT2D eigenvalue weighted by atomic mass is 16.3. The zero-order valence-corrected chi connectivity index (χ0v) is 6.53. The molecule has 0 spiro atoms. The van der Waals surface area contributed by atoms with Gasteiger partial charge in [0.15, 0.2) is 0 Å². The maximum Gasteiger partial charge on any atom is 0.0738 e. The molecular formula is C9H14O2. The van der Waals surface area contributed by atoms with Crippen LogP contribution in [0.25, 0.3) is 0 Å². The van der Waals surface area contributed by atoms with Crippen molar-refractivity contribution < 1.29 is 10.2 Å². The summed E-state index contributed by atoms with van der Waals surface area (Å²) in [7, 11) is 0. The Balaban J connectivity index is 2.22. The first kappa shape index (κ1) is 7.32. The Morgan fingerprint density at radius 3 is 2.91 bits per heavy atom. The summed E-state index contributed by atoms with van der Waals surface area (Å²) in [6.07, 6.45) is 6.92. The Hall–Kier alpha value is -0.340. The fourth-order valence-corrected chi connectivity index (χ4v) is 2.30. The molecule has 3 atom stereocenters. The molecular weight excluding hydrogens is 140 g/mol. The van der Waals surface area contributed by atoms with Crippen LogP contribution in [0.1, 0.15) is 25.7 Å². The first-order valence-corrected chi connectivity index (χ1v) is 4.28. The number of hydrogen-bond donors (Lipinski definition) is 2. The van der Waals surface area contributed by atoms with Gasteiger partial charge in [0.25, 0.3) is 0 Å². The van der Waals surface area contributed by atoms with Gasteiger partial charge in [-0.15, -0.1) is 0 Å². The van der Waals surface area contributed by atoms with E-state index in [1.54, 1.807) is 0 Å². The Morgan fingerprint density at radius 2 is 2.18 bits per heavy atom. The molecule has 0 saturated heterocycles. The van der Waals surface area contributed by atoms with E-state index in [2.05, 4.69) is 6.08 Å². The third-order valence-corrected chi connectivity index (χ3v) is 3.06. The molecule has 0 aromatic rings. The van der Waals surface area contributed by atoms with Crippen molar-refractivity contribution in [1.82, 2.24) is 0 Å². The number of aliphatic hydroxyl groups is 2. The number of allylic oxidation sites excluding steroid dienone is 1. The molecule has 2 N–H and O–H groups in total. The lowest BCUT2D eigenvalue weighted by molar-refractivity contribution is -0.0269. The number of rotatable bonds is 0. The molecule has 0 aromatic carbocycles. The van der Waals surface area contributed by atoms with Crippen LogP contribution in [0, 0.1) is 5.92 Å². The van der Waals surface area contributed by atoms with Gasteiger partial charge in [-0.2, -0.15) is 0 Å². The zero-order chi connectivity index (χ0) is 7.90. The van der Waals surface area contributed by atoms with E-state index in [4.69, 9.17) is 0 Å². The van der Waals surface area contributed by atoms with Crippen LogP contribution < -0.4 is 0 Å². The molecule has 0 heterocycles. The van der Waals surface area contributed by atoms with E-state index in [1.807, 2.05) is 6.08 Å². The summed E-state index contributed by atoms with van der Waals surface area (Å²) in [6, 6.07) is 0. The molecule has 0 bridgehead atoms. The number of hydrogen-bond acceptors (Lipinski definition) is 2. The molecule has 11 heavy (non-hydrogen) atoms. The van der Waals surface area contributed by atoms with E-state index < -0.39 is 5.60 Å². The van der Waals surface area contributed by atoms with E-state index >= 15 is 0 Å². The Morgan fingerprint density at radius 1 is 1.36 bits per heavy atom. The SMILES string of the molecule is O[C@@H]1CC[C@]2(O)CC=CC[C@@H]12. The minimum Gasteiger partial charge on any atom is -0.393 e. The van der Waals surface area contributed by atoms with Crippen molar-refractivity contribution in [2.45, 2.75) is 37.4 Å². The van der Waals surface area contributed by atoms with Crippen molar-refractivity contribution >= 4 is 0 Å². The summed E-state index contributed by atoms with van der Waals surface area (Å²) in [5, 5.41) is 19.5. The van der Waals surface area contributed by atoms with Crippen molar-refractivity contribution in [2.75, 3.05) is 0 Å². The van der Waals surface area contributed by atoms with Gasteiger partial charge in [-0.1, -0.05) is 12.2 Å². The van der Waals surface area contributed by atoms with Gasteiger partial charge in [-0.3, -0.25) is 0 Å². The van der Waals surface area contributed by atoms with Gasteiger partial charge in [0.05, 0.1) is 11.7 Å². The fraction of sp³-hybridized carbons (Fsp3) is 0.778. The van der Waals surface area contributed by atoms with Gasteiger partial charge in [0.1, 0.15) is 0 Å². The predicted octanol–water partition coefficient (Wildman–Crippen LogP) is 0.838.